The molecule has 2 rings (SSSR count). The molecular formula is C14H23NOS. The Morgan fingerprint density at radius 1 is 1.41 bits per heavy atom. The Bertz CT molecular complexity index is 331. The average molecular weight is 253 g/mol. The van der Waals surface area contributed by atoms with Crippen LogP contribution >= 0.6 is 11.3 Å². The van der Waals surface area contributed by atoms with Gasteiger partial charge >= 0.3 is 0 Å². The summed E-state index contributed by atoms with van der Waals surface area (Å²) >= 11 is 1.97. The second-order valence-corrected chi connectivity index (χ2v) is 5.97. The zero-order valence-corrected chi connectivity index (χ0v) is 11.7. The maximum absolute atomic E-state index is 5.51. The van der Waals surface area contributed by atoms with Crippen LogP contribution in [0.5, 0.6) is 0 Å². The Kier molecular flexibility index (Phi) is 5.01. The van der Waals surface area contributed by atoms with Crippen LogP contribution in [0.15, 0.2) is 12.1 Å². The van der Waals surface area contributed by atoms with Gasteiger partial charge in [-0.05, 0) is 37.9 Å². The summed E-state index contributed by atoms with van der Waals surface area (Å²) in [5.41, 5.74) is 0. The molecule has 0 aliphatic carbocycles. The second-order valence-electron chi connectivity index (χ2n) is 4.71. The summed E-state index contributed by atoms with van der Waals surface area (Å²) in [6, 6.07) is 5.16. The molecule has 1 saturated heterocycles. The molecule has 0 spiro atoms. The summed E-state index contributed by atoms with van der Waals surface area (Å²) < 4.78 is 5.51. The minimum atomic E-state index is 0.589. The number of hydrogen-bond acceptors (Lipinski definition) is 3. The van der Waals surface area contributed by atoms with Gasteiger partial charge in [-0.3, -0.25) is 0 Å². The van der Waals surface area contributed by atoms with Crippen LogP contribution in [-0.4, -0.2) is 25.8 Å². The summed E-state index contributed by atoms with van der Waals surface area (Å²) in [7, 11) is 0. The SMILES string of the molecule is CCNC(Cc1ccc(CC)s1)C1CCOC1. The van der Waals surface area contributed by atoms with Crippen LogP contribution in [0.1, 0.15) is 30.0 Å². The number of rotatable bonds is 6. The minimum Gasteiger partial charge on any atom is -0.381 e. The summed E-state index contributed by atoms with van der Waals surface area (Å²) in [5.74, 6) is 0.696. The van der Waals surface area contributed by atoms with E-state index in [4.69, 9.17) is 4.74 Å². The maximum Gasteiger partial charge on any atom is 0.0510 e. The molecule has 1 aromatic heterocycles. The van der Waals surface area contributed by atoms with Crippen LogP contribution in [0.2, 0.25) is 0 Å². The monoisotopic (exact) mass is 253 g/mol. The molecule has 1 fully saturated rings. The van der Waals surface area contributed by atoms with Crippen molar-refractivity contribution in [1.29, 1.82) is 0 Å². The lowest BCUT2D eigenvalue weighted by atomic mass is 9.95. The van der Waals surface area contributed by atoms with E-state index in [1.54, 1.807) is 0 Å². The van der Waals surface area contributed by atoms with Gasteiger partial charge in [-0.15, -0.1) is 11.3 Å². The Morgan fingerprint density at radius 2 is 2.24 bits per heavy atom. The van der Waals surface area contributed by atoms with Crippen molar-refractivity contribution >= 4 is 11.3 Å². The largest absolute Gasteiger partial charge is 0.381 e. The quantitative estimate of drug-likeness (QED) is 0.842. The topological polar surface area (TPSA) is 21.3 Å². The zero-order valence-electron chi connectivity index (χ0n) is 10.9. The van der Waals surface area contributed by atoms with E-state index in [0.29, 0.717) is 12.0 Å². The third-order valence-corrected chi connectivity index (χ3v) is 4.74. The average Bonchev–Trinajstić information content (AvgIpc) is 2.99. The second kappa shape index (κ2) is 6.53. The molecule has 2 atom stereocenters. The number of hydrogen-bond donors (Lipinski definition) is 1. The van der Waals surface area contributed by atoms with E-state index in [-0.39, 0.29) is 0 Å². The van der Waals surface area contributed by atoms with E-state index in [2.05, 4.69) is 31.3 Å². The predicted octanol–water partition coefficient (Wildman–Crippen LogP) is 2.87. The van der Waals surface area contributed by atoms with E-state index in [0.717, 1.165) is 32.6 Å². The van der Waals surface area contributed by atoms with E-state index < -0.39 is 0 Å². The Labute approximate surface area is 108 Å². The first-order chi connectivity index (χ1) is 8.33. The Hall–Kier alpha value is -0.380. The van der Waals surface area contributed by atoms with Crippen molar-refractivity contribution in [2.75, 3.05) is 19.8 Å². The molecule has 1 aliphatic rings. The molecule has 0 amide bonds. The molecule has 2 heterocycles. The predicted molar refractivity (Wildman–Crippen MR) is 73.8 cm³/mol. The van der Waals surface area contributed by atoms with Gasteiger partial charge in [0, 0.05) is 28.3 Å². The molecule has 1 N–H and O–H groups in total. The van der Waals surface area contributed by atoms with E-state index >= 15 is 0 Å². The van der Waals surface area contributed by atoms with Crippen molar-refractivity contribution in [3.05, 3.63) is 21.9 Å². The van der Waals surface area contributed by atoms with Gasteiger partial charge in [0.1, 0.15) is 0 Å². The van der Waals surface area contributed by atoms with E-state index in [9.17, 15) is 0 Å². The van der Waals surface area contributed by atoms with Gasteiger partial charge < -0.3 is 10.1 Å². The third kappa shape index (κ3) is 3.54. The van der Waals surface area contributed by atoms with Gasteiger partial charge in [-0.1, -0.05) is 13.8 Å². The standard InChI is InChI=1S/C14H23NOS/c1-3-12-5-6-13(17-12)9-14(15-4-2)11-7-8-16-10-11/h5-6,11,14-15H,3-4,7-10H2,1-2H3. The summed E-state index contributed by atoms with van der Waals surface area (Å²) in [6.07, 6.45) is 3.53. The third-order valence-electron chi connectivity index (χ3n) is 3.49. The maximum atomic E-state index is 5.51. The molecule has 1 aliphatic heterocycles. The van der Waals surface area contributed by atoms with Crippen LogP contribution in [0.3, 0.4) is 0 Å². The van der Waals surface area contributed by atoms with Crippen molar-refractivity contribution in [3.8, 4) is 0 Å². The highest BCUT2D eigenvalue weighted by Crippen LogP contribution is 2.24. The van der Waals surface area contributed by atoms with E-state index in [1.807, 2.05) is 11.3 Å². The highest BCUT2D eigenvalue weighted by molar-refractivity contribution is 7.11. The lowest BCUT2D eigenvalue weighted by Crippen LogP contribution is -2.38. The number of likely N-dealkylation sites (N-methyl/N-ethyl adjacent to an activating group) is 1. The van der Waals surface area contributed by atoms with E-state index in [1.165, 1.54) is 16.2 Å². The zero-order chi connectivity index (χ0) is 12.1. The first kappa shape index (κ1) is 13.1. The van der Waals surface area contributed by atoms with Crippen LogP contribution in [-0.2, 0) is 17.6 Å². The van der Waals surface area contributed by atoms with Gasteiger partial charge in [0.15, 0.2) is 0 Å². The van der Waals surface area contributed by atoms with Crippen LogP contribution in [0, 0.1) is 5.92 Å². The van der Waals surface area contributed by atoms with Gasteiger partial charge in [-0.2, -0.15) is 0 Å². The molecule has 1 aromatic rings. The van der Waals surface area contributed by atoms with Crippen molar-refractivity contribution in [2.45, 2.75) is 39.2 Å². The molecule has 17 heavy (non-hydrogen) atoms. The fourth-order valence-corrected chi connectivity index (χ4v) is 3.49. The lowest BCUT2D eigenvalue weighted by Gasteiger charge is -2.22. The highest BCUT2D eigenvalue weighted by Gasteiger charge is 2.25. The molecule has 3 heteroatoms. The fourth-order valence-electron chi connectivity index (χ4n) is 2.48. The summed E-state index contributed by atoms with van der Waals surface area (Å²) in [6.45, 7) is 7.34. The fraction of sp³-hybridized carbons (Fsp3) is 0.714. The number of thiophene rings is 1. The summed E-state index contributed by atoms with van der Waals surface area (Å²) in [5, 5.41) is 3.63. The highest BCUT2D eigenvalue weighted by atomic mass is 32.1. The minimum absolute atomic E-state index is 0.589. The van der Waals surface area contributed by atoms with Gasteiger partial charge in [-0.25, -0.2) is 0 Å². The number of aryl methyl sites for hydroxylation is 1. The molecule has 0 saturated carbocycles. The molecular weight excluding hydrogens is 230 g/mol. The van der Waals surface area contributed by atoms with Crippen LogP contribution in [0.25, 0.3) is 0 Å². The molecule has 0 radical (unpaired) electrons. The molecule has 96 valence electrons. The Balaban J connectivity index is 1.96. The Morgan fingerprint density at radius 3 is 2.82 bits per heavy atom. The molecule has 0 aromatic carbocycles. The first-order valence-electron chi connectivity index (χ1n) is 6.72. The smallest absolute Gasteiger partial charge is 0.0510 e. The van der Waals surface area contributed by atoms with Crippen LogP contribution < -0.4 is 5.32 Å². The van der Waals surface area contributed by atoms with Crippen molar-refractivity contribution in [3.63, 3.8) is 0 Å². The molecule has 2 nitrogen and oxygen atoms in total. The van der Waals surface area contributed by atoms with Gasteiger partial charge in [0.05, 0.1) is 6.61 Å². The van der Waals surface area contributed by atoms with Gasteiger partial charge in [0.2, 0.25) is 0 Å². The molecule has 0 bridgehead atoms. The number of ether oxygens (including phenoxy) is 1. The molecule has 2 unspecified atom stereocenters. The lowest BCUT2D eigenvalue weighted by molar-refractivity contribution is 0.176. The van der Waals surface area contributed by atoms with Crippen molar-refractivity contribution < 1.29 is 4.74 Å². The van der Waals surface area contributed by atoms with Crippen molar-refractivity contribution in [2.24, 2.45) is 5.92 Å². The van der Waals surface area contributed by atoms with Gasteiger partial charge in [0.25, 0.3) is 0 Å². The van der Waals surface area contributed by atoms with Crippen molar-refractivity contribution in [1.82, 2.24) is 5.32 Å². The van der Waals surface area contributed by atoms with Crippen LogP contribution in [0.4, 0.5) is 0 Å². The number of nitrogens with one attached hydrogen (secondary N) is 1. The first-order valence-corrected chi connectivity index (χ1v) is 7.53. The normalized spacial score (nSPS) is 21.9. The summed E-state index contributed by atoms with van der Waals surface area (Å²) in [4.78, 5) is 3.01.